The molecular formula is C6H13N3OS2. The minimum Gasteiger partial charge on any atom is -0.362 e. The van der Waals surface area contributed by atoms with Gasteiger partial charge in [0.2, 0.25) is 0 Å². The molecule has 0 saturated carbocycles. The van der Waals surface area contributed by atoms with Crippen LogP contribution in [0, 0.1) is 0 Å². The second-order valence-electron chi connectivity index (χ2n) is 2.22. The van der Waals surface area contributed by atoms with E-state index in [1.54, 1.807) is 4.90 Å². The number of hydrogen-bond donors (Lipinski definition) is 2. The molecule has 0 saturated heterocycles. The number of urea groups is 1. The van der Waals surface area contributed by atoms with Gasteiger partial charge in [-0.2, -0.15) is 0 Å². The molecule has 6 heteroatoms. The SMILES string of the molecule is CCNC(=O)NSC(=S)N(C)C. The molecule has 70 valence electrons. The molecular weight excluding hydrogens is 194 g/mol. The van der Waals surface area contributed by atoms with Crippen molar-refractivity contribution in [3.63, 3.8) is 0 Å². The van der Waals surface area contributed by atoms with E-state index in [2.05, 4.69) is 10.0 Å². The van der Waals surface area contributed by atoms with Crippen molar-refractivity contribution >= 4 is 34.5 Å². The first-order valence-corrected chi connectivity index (χ1v) is 4.72. The topological polar surface area (TPSA) is 44.4 Å². The molecule has 0 aromatic heterocycles. The maximum atomic E-state index is 10.8. The Bertz CT molecular complexity index is 172. The molecule has 0 atom stereocenters. The third kappa shape index (κ3) is 5.20. The summed E-state index contributed by atoms with van der Waals surface area (Å²) in [4.78, 5) is 12.6. The van der Waals surface area contributed by atoms with Gasteiger partial charge < -0.3 is 10.2 Å². The van der Waals surface area contributed by atoms with E-state index in [0.29, 0.717) is 10.9 Å². The van der Waals surface area contributed by atoms with Crippen LogP contribution in [0.25, 0.3) is 0 Å². The molecule has 2 N–H and O–H groups in total. The smallest absolute Gasteiger partial charge is 0.325 e. The number of thiocarbonyl (C=S) groups is 1. The molecule has 0 spiro atoms. The Morgan fingerprint density at radius 3 is 2.58 bits per heavy atom. The third-order valence-corrected chi connectivity index (χ3v) is 2.38. The number of nitrogens with one attached hydrogen (secondary N) is 2. The number of hydrogen-bond acceptors (Lipinski definition) is 3. The number of amides is 2. The van der Waals surface area contributed by atoms with Crippen LogP contribution < -0.4 is 10.0 Å². The highest BCUT2D eigenvalue weighted by Gasteiger charge is 2.02. The zero-order valence-corrected chi connectivity index (χ0v) is 9.01. The van der Waals surface area contributed by atoms with Crippen LogP contribution in [0.3, 0.4) is 0 Å². The number of carbonyl (C=O) groups is 1. The maximum absolute atomic E-state index is 10.8. The Morgan fingerprint density at radius 2 is 2.17 bits per heavy atom. The molecule has 0 heterocycles. The molecule has 0 rings (SSSR count). The predicted molar refractivity (Wildman–Crippen MR) is 56.1 cm³/mol. The Labute approximate surface area is 82.2 Å². The lowest BCUT2D eigenvalue weighted by molar-refractivity contribution is 0.247. The second-order valence-corrected chi connectivity index (χ2v) is 3.66. The first-order chi connectivity index (χ1) is 5.57. The summed E-state index contributed by atoms with van der Waals surface area (Å²) in [5.41, 5.74) is 0. The van der Waals surface area contributed by atoms with Gasteiger partial charge in [-0.1, -0.05) is 12.2 Å². The van der Waals surface area contributed by atoms with Gasteiger partial charge >= 0.3 is 6.03 Å². The average Bonchev–Trinajstić information content (AvgIpc) is 2.00. The first kappa shape index (κ1) is 11.5. The van der Waals surface area contributed by atoms with Crippen LogP contribution >= 0.6 is 24.2 Å². The van der Waals surface area contributed by atoms with Crippen molar-refractivity contribution < 1.29 is 4.79 Å². The Kier molecular flexibility index (Phi) is 5.83. The fraction of sp³-hybridized carbons (Fsp3) is 0.667. The summed E-state index contributed by atoms with van der Waals surface area (Å²) in [6, 6.07) is -0.216. The van der Waals surface area contributed by atoms with Gasteiger partial charge in [0.25, 0.3) is 0 Å². The zero-order valence-electron chi connectivity index (χ0n) is 7.38. The summed E-state index contributed by atoms with van der Waals surface area (Å²) in [6.45, 7) is 2.47. The molecule has 0 aromatic carbocycles. The van der Waals surface area contributed by atoms with Gasteiger partial charge in [-0.25, -0.2) is 4.79 Å². The minimum atomic E-state index is -0.216. The second kappa shape index (κ2) is 6.07. The summed E-state index contributed by atoms with van der Waals surface area (Å²) < 4.78 is 3.17. The summed E-state index contributed by atoms with van der Waals surface area (Å²) in [6.07, 6.45) is 0. The zero-order chi connectivity index (χ0) is 9.56. The molecule has 0 radical (unpaired) electrons. The van der Waals surface area contributed by atoms with Gasteiger partial charge in [0, 0.05) is 32.6 Å². The fourth-order valence-electron chi connectivity index (χ4n) is 0.378. The molecule has 4 nitrogen and oxygen atoms in total. The van der Waals surface area contributed by atoms with Crippen molar-refractivity contribution in [2.45, 2.75) is 6.92 Å². The largest absolute Gasteiger partial charge is 0.362 e. The van der Waals surface area contributed by atoms with Gasteiger partial charge in [0.1, 0.15) is 0 Å². The van der Waals surface area contributed by atoms with Crippen LogP contribution in [0.2, 0.25) is 0 Å². The molecule has 0 aliphatic carbocycles. The molecule has 2 amide bonds. The Hall–Kier alpha value is -0.490. The van der Waals surface area contributed by atoms with E-state index in [0.717, 1.165) is 11.9 Å². The number of rotatable bonds is 1. The van der Waals surface area contributed by atoms with Crippen LogP contribution in [0.1, 0.15) is 6.92 Å². The van der Waals surface area contributed by atoms with Gasteiger partial charge in [-0.3, -0.25) is 4.72 Å². The monoisotopic (exact) mass is 207 g/mol. The van der Waals surface area contributed by atoms with Gasteiger partial charge in [0.15, 0.2) is 4.32 Å². The van der Waals surface area contributed by atoms with E-state index < -0.39 is 0 Å². The maximum Gasteiger partial charge on any atom is 0.325 e. The molecule has 0 fully saturated rings. The first-order valence-electron chi connectivity index (χ1n) is 3.50. The minimum absolute atomic E-state index is 0.216. The molecule has 12 heavy (non-hydrogen) atoms. The van der Waals surface area contributed by atoms with E-state index in [1.165, 1.54) is 0 Å². The van der Waals surface area contributed by atoms with Crippen LogP contribution in [-0.2, 0) is 0 Å². The average molecular weight is 207 g/mol. The molecule has 0 aromatic rings. The van der Waals surface area contributed by atoms with E-state index >= 15 is 0 Å². The van der Waals surface area contributed by atoms with E-state index in [4.69, 9.17) is 12.2 Å². The quantitative estimate of drug-likeness (QED) is 0.493. The summed E-state index contributed by atoms with van der Waals surface area (Å²) in [7, 11) is 3.66. The highest BCUT2D eigenvalue weighted by atomic mass is 32.2. The summed E-state index contributed by atoms with van der Waals surface area (Å²) in [5, 5.41) is 2.59. The molecule has 0 unspecified atom stereocenters. The lowest BCUT2D eigenvalue weighted by atomic mass is 10.7. The van der Waals surface area contributed by atoms with Gasteiger partial charge in [-0.05, 0) is 6.92 Å². The van der Waals surface area contributed by atoms with Crippen LogP contribution in [0.4, 0.5) is 4.79 Å². The lowest BCUT2D eigenvalue weighted by Gasteiger charge is -2.12. The van der Waals surface area contributed by atoms with Gasteiger partial charge in [0.05, 0.1) is 0 Å². The highest BCUT2D eigenvalue weighted by molar-refractivity contribution is 8.21. The Balaban J connectivity index is 3.54. The molecule has 0 aliphatic heterocycles. The van der Waals surface area contributed by atoms with Crippen LogP contribution in [0.15, 0.2) is 0 Å². The van der Waals surface area contributed by atoms with Crippen molar-refractivity contribution in [2.75, 3.05) is 20.6 Å². The Morgan fingerprint density at radius 1 is 1.58 bits per heavy atom. The number of nitrogens with zero attached hydrogens (tertiary/aromatic N) is 1. The molecule has 0 bridgehead atoms. The normalized spacial score (nSPS) is 8.92. The van der Waals surface area contributed by atoms with Crippen molar-refractivity contribution in [2.24, 2.45) is 0 Å². The van der Waals surface area contributed by atoms with Crippen molar-refractivity contribution in [1.82, 2.24) is 14.9 Å². The van der Waals surface area contributed by atoms with Gasteiger partial charge in [-0.15, -0.1) is 0 Å². The van der Waals surface area contributed by atoms with E-state index in [9.17, 15) is 4.79 Å². The predicted octanol–water partition coefficient (Wildman–Crippen LogP) is 0.800. The fourth-order valence-corrected chi connectivity index (χ4v) is 0.938. The summed E-state index contributed by atoms with van der Waals surface area (Å²) in [5.74, 6) is 0. The van der Waals surface area contributed by atoms with Crippen molar-refractivity contribution in [3.8, 4) is 0 Å². The standard InChI is InChI=1S/C6H13N3OS2/c1-4-7-5(10)8-12-6(11)9(2)3/h4H2,1-3H3,(H2,7,8,10). The van der Waals surface area contributed by atoms with Crippen LogP contribution in [-0.4, -0.2) is 35.9 Å². The third-order valence-electron chi connectivity index (χ3n) is 0.934. The summed E-state index contributed by atoms with van der Waals surface area (Å²) >= 11 is 6.05. The van der Waals surface area contributed by atoms with Crippen molar-refractivity contribution in [3.05, 3.63) is 0 Å². The van der Waals surface area contributed by atoms with E-state index in [1.807, 2.05) is 21.0 Å². The number of carbonyl (C=O) groups excluding carboxylic acids is 1. The lowest BCUT2D eigenvalue weighted by Crippen LogP contribution is -2.33. The highest BCUT2D eigenvalue weighted by Crippen LogP contribution is 2.00. The van der Waals surface area contributed by atoms with Crippen LogP contribution in [0.5, 0.6) is 0 Å². The van der Waals surface area contributed by atoms with Crippen molar-refractivity contribution in [1.29, 1.82) is 0 Å². The molecule has 0 aliphatic rings. The van der Waals surface area contributed by atoms with E-state index in [-0.39, 0.29) is 6.03 Å².